The molecule has 1 aliphatic heterocycles. The first-order chi connectivity index (χ1) is 9.11. The molecule has 1 aromatic rings. The van der Waals surface area contributed by atoms with E-state index in [1.165, 1.54) is 12.8 Å². The van der Waals surface area contributed by atoms with Crippen molar-refractivity contribution in [1.29, 1.82) is 0 Å². The van der Waals surface area contributed by atoms with Crippen LogP contribution >= 0.6 is 0 Å². The summed E-state index contributed by atoms with van der Waals surface area (Å²) in [5.74, 6) is 0. The van der Waals surface area contributed by atoms with Gasteiger partial charge in [-0.25, -0.2) is 0 Å². The molecule has 4 heteroatoms. The minimum absolute atomic E-state index is 0.170. The molecule has 0 aromatic carbocycles. The summed E-state index contributed by atoms with van der Waals surface area (Å²) in [6.45, 7) is 9.60. The van der Waals surface area contributed by atoms with E-state index in [4.69, 9.17) is 0 Å². The lowest BCUT2D eigenvalue weighted by molar-refractivity contribution is -0.0140. The van der Waals surface area contributed by atoms with Gasteiger partial charge in [0, 0.05) is 23.8 Å². The minimum atomic E-state index is -0.457. The fourth-order valence-electron chi connectivity index (χ4n) is 3.05. The number of aryl methyl sites for hydroxylation is 1. The summed E-state index contributed by atoms with van der Waals surface area (Å²) in [5.41, 5.74) is 0.779. The smallest absolute Gasteiger partial charge is 0.100 e. The van der Waals surface area contributed by atoms with E-state index in [1.807, 2.05) is 17.1 Å². The van der Waals surface area contributed by atoms with Gasteiger partial charge in [-0.15, -0.1) is 0 Å². The summed E-state index contributed by atoms with van der Waals surface area (Å²) in [7, 11) is 0. The number of aliphatic hydroxyl groups is 1. The Hall–Kier alpha value is -0.870. The van der Waals surface area contributed by atoms with Crippen molar-refractivity contribution in [3.63, 3.8) is 0 Å². The van der Waals surface area contributed by atoms with Gasteiger partial charge < -0.3 is 5.11 Å². The van der Waals surface area contributed by atoms with E-state index >= 15 is 0 Å². The van der Waals surface area contributed by atoms with E-state index in [0.717, 1.165) is 38.0 Å². The highest BCUT2D eigenvalue weighted by Gasteiger charge is 2.39. The lowest BCUT2D eigenvalue weighted by atomic mass is 9.86. The van der Waals surface area contributed by atoms with Gasteiger partial charge in [0.05, 0.1) is 6.20 Å². The molecule has 2 rings (SSSR count). The van der Waals surface area contributed by atoms with Gasteiger partial charge in [-0.2, -0.15) is 5.10 Å². The van der Waals surface area contributed by atoms with Crippen molar-refractivity contribution in [3.05, 3.63) is 18.0 Å². The quantitative estimate of drug-likeness (QED) is 0.859. The Balaban J connectivity index is 2.16. The van der Waals surface area contributed by atoms with Gasteiger partial charge in [0.1, 0.15) is 6.10 Å². The first kappa shape index (κ1) is 14.5. The van der Waals surface area contributed by atoms with Crippen LogP contribution in [0.4, 0.5) is 0 Å². The third-order valence-corrected chi connectivity index (χ3v) is 4.55. The van der Waals surface area contributed by atoms with Crippen molar-refractivity contribution in [1.82, 2.24) is 14.7 Å². The Morgan fingerprint density at radius 2 is 2.05 bits per heavy atom. The largest absolute Gasteiger partial charge is 0.386 e. The molecule has 4 nitrogen and oxygen atoms in total. The standard InChI is InChI=1S/C15H27N3O/c1-4-8-18-12-13(11-16-18)14(19)15(3,5-2)17-9-6-7-10-17/h11-12,14,19H,4-10H2,1-3H3. The molecule has 0 amide bonds. The van der Waals surface area contributed by atoms with Crippen LogP contribution in [0.15, 0.2) is 12.4 Å². The molecule has 1 fully saturated rings. The molecule has 1 aromatic heterocycles. The van der Waals surface area contributed by atoms with Crippen LogP contribution in [0.1, 0.15) is 58.1 Å². The van der Waals surface area contributed by atoms with Crippen LogP contribution in [0.2, 0.25) is 0 Å². The van der Waals surface area contributed by atoms with Crippen LogP contribution in [0.5, 0.6) is 0 Å². The molecule has 2 heterocycles. The molecule has 2 unspecified atom stereocenters. The minimum Gasteiger partial charge on any atom is -0.386 e. The molecular formula is C15H27N3O. The molecule has 0 bridgehead atoms. The van der Waals surface area contributed by atoms with E-state index in [1.54, 1.807) is 0 Å². The Morgan fingerprint density at radius 3 is 2.63 bits per heavy atom. The Kier molecular flexibility index (Phi) is 4.63. The predicted octanol–water partition coefficient (Wildman–Crippen LogP) is 2.59. The third-order valence-electron chi connectivity index (χ3n) is 4.55. The molecule has 1 saturated heterocycles. The number of hydrogen-bond donors (Lipinski definition) is 1. The first-order valence-corrected chi connectivity index (χ1v) is 7.57. The maximum absolute atomic E-state index is 10.8. The summed E-state index contributed by atoms with van der Waals surface area (Å²) in [6.07, 6.45) is 7.87. The van der Waals surface area contributed by atoms with Crippen molar-refractivity contribution in [2.24, 2.45) is 0 Å². The number of likely N-dealkylation sites (tertiary alicyclic amines) is 1. The first-order valence-electron chi connectivity index (χ1n) is 7.57. The van der Waals surface area contributed by atoms with Crippen molar-refractivity contribution in [3.8, 4) is 0 Å². The maximum Gasteiger partial charge on any atom is 0.100 e. The fraction of sp³-hybridized carbons (Fsp3) is 0.800. The predicted molar refractivity (Wildman–Crippen MR) is 77.0 cm³/mol. The summed E-state index contributed by atoms with van der Waals surface area (Å²) in [4.78, 5) is 2.44. The van der Waals surface area contributed by atoms with Crippen molar-refractivity contribution in [2.75, 3.05) is 13.1 Å². The van der Waals surface area contributed by atoms with Gasteiger partial charge in [-0.3, -0.25) is 9.58 Å². The number of aromatic nitrogens is 2. The van der Waals surface area contributed by atoms with Crippen molar-refractivity contribution in [2.45, 2.75) is 64.6 Å². The van der Waals surface area contributed by atoms with Gasteiger partial charge in [-0.05, 0) is 45.7 Å². The Morgan fingerprint density at radius 1 is 1.37 bits per heavy atom. The topological polar surface area (TPSA) is 41.3 Å². The molecule has 0 spiro atoms. The number of nitrogens with zero attached hydrogens (tertiary/aromatic N) is 3. The number of hydrogen-bond acceptors (Lipinski definition) is 3. The highest BCUT2D eigenvalue weighted by Crippen LogP contribution is 2.36. The summed E-state index contributed by atoms with van der Waals surface area (Å²) in [6, 6.07) is 0. The zero-order chi connectivity index (χ0) is 13.9. The van der Waals surface area contributed by atoms with Gasteiger partial charge in [-0.1, -0.05) is 13.8 Å². The summed E-state index contributed by atoms with van der Waals surface area (Å²) >= 11 is 0. The van der Waals surface area contributed by atoms with Crippen LogP contribution in [0, 0.1) is 0 Å². The van der Waals surface area contributed by atoms with Crippen molar-refractivity contribution < 1.29 is 5.11 Å². The monoisotopic (exact) mass is 265 g/mol. The highest BCUT2D eigenvalue weighted by molar-refractivity contribution is 5.15. The molecule has 19 heavy (non-hydrogen) atoms. The molecular weight excluding hydrogens is 238 g/mol. The second-order valence-corrected chi connectivity index (χ2v) is 5.84. The zero-order valence-electron chi connectivity index (χ0n) is 12.5. The number of aliphatic hydroxyl groups excluding tert-OH is 1. The highest BCUT2D eigenvalue weighted by atomic mass is 16.3. The zero-order valence-corrected chi connectivity index (χ0v) is 12.5. The van der Waals surface area contributed by atoms with E-state index in [9.17, 15) is 5.11 Å². The van der Waals surface area contributed by atoms with Crippen LogP contribution in [0.25, 0.3) is 0 Å². The molecule has 0 saturated carbocycles. The molecule has 2 atom stereocenters. The van der Waals surface area contributed by atoms with Crippen LogP contribution < -0.4 is 0 Å². The van der Waals surface area contributed by atoms with Crippen molar-refractivity contribution >= 4 is 0 Å². The van der Waals surface area contributed by atoms with Crippen LogP contribution in [0.3, 0.4) is 0 Å². The van der Waals surface area contributed by atoms with E-state index in [0.29, 0.717) is 0 Å². The van der Waals surface area contributed by atoms with E-state index in [2.05, 4.69) is 30.8 Å². The van der Waals surface area contributed by atoms with Gasteiger partial charge in [0.15, 0.2) is 0 Å². The SMILES string of the molecule is CCCn1cc(C(O)C(C)(CC)N2CCCC2)cn1. The molecule has 1 aliphatic rings. The Labute approximate surface area is 116 Å². The van der Waals surface area contributed by atoms with E-state index in [-0.39, 0.29) is 5.54 Å². The van der Waals surface area contributed by atoms with E-state index < -0.39 is 6.10 Å². The maximum atomic E-state index is 10.8. The molecule has 108 valence electrons. The lowest BCUT2D eigenvalue weighted by Crippen LogP contribution is -2.48. The molecule has 0 aliphatic carbocycles. The lowest BCUT2D eigenvalue weighted by Gasteiger charge is -2.41. The normalized spacial score (nSPS) is 21.5. The van der Waals surface area contributed by atoms with Gasteiger partial charge >= 0.3 is 0 Å². The average molecular weight is 265 g/mol. The van der Waals surface area contributed by atoms with Gasteiger partial charge in [0.25, 0.3) is 0 Å². The molecule has 1 N–H and O–H groups in total. The molecule has 0 radical (unpaired) electrons. The summed E-state index contributed by atoms with van der Waals surface area (Å²) in [5, 5.41) is 15.1. The Bertz CT molecular complexity index is 398. The summed E-state index contributed by atoms with van der Waals surface area (Å²) < 4.78 is 1.93. The fourth-order valence-corrected chi connectivity index (χ4v) is 3.05. The van der Waals surface area contributed by atoms with Crippen LogP contribution in [-0.2, 0) is 6.54 Å². The van der Waals surface area contributed by atoms with Gasteiger partial charge in [0.2, 0.25) is 0 Å². The average Bonchev–Trinajstić information content (AvgIpc) is 3.08. The third kappa shape index (κ3) is 2.84. The van der Waals surface area contributed by atoms with Crippen LogP contribution in [-0.4, -0.2) is 38.4 Å². The second kappa shape index (κ2) is 6.06. The number of rotatable bonds is 6. The second-order valence-electron chi connectivity index (χ2n) is 5.84.